The molecule has 2 nitrogen and oxygen atoms in total. The normalized spacial score (nSPS) is 27.7. The van der Waals surface area contributed by atoms with Crippen LogP contribution in [-0.4, -0.2) is 23.8 Å². The van der Waals surface area contributed by atoms with Crippen LogP contribution in [-0.2, 0) is 11.2 Å². The third-order valence-corrected chi connectivity index (χ3v) is 4.69. The first-order chi connectivity index (χ1) is 10.9. The van der Waals surface area contributed by atoms with Crippen LogP contribution in [0.3, 0.4) is 0 Å². The molecule has 2 aliphatic rings. The van der Waals surface area contributed by atoms with Crippen molar-refractivity contribution >= 4 is 0 Å². The molecule has 3 atom stereocenters. The zero-order valence-corrected chi connectivity index (χ0v) is 12.6. The van der Waals surface area contributed by atoms with Crippen molar-refractivity contribution in [1.82, 2.24) is 4.90 Å². The minimum atomic E-state index is 0.226. The van der Waals surface area contributed by atoms with E-state index in [2.05, 4.69) is 77.7 Å². The molecule has 2 heterocycles. The highest BCUT2D eigenvalue weighted by Gasteiger charge is 2.40. The Kier molecular flexibility index (Phi) is 3.79. The Labute approximate surface area is 132 Å². The van der Waals surface area contributed by atoms with Crippen LogP contribution in [0.25, 0.3) is 0 Å². The largest absolute Gasteiger partial charge is 0.361 e. The Bertz CT molecular complexity index is 637. The van der Waals surface area contributed by atoms with Crippen LogP contribution in [0.1, 0.15) is 23.6 Å². The highest BCUT2D eigenvalue weighted by atomic mass is 16.5. The molecule has 2 aliphatic heterocycles. The van der Waals surface area contributed by atoms with Crippen LogP contribution in [0.15, 0.2) is 72.8 Å². The van der Waals surface area contributed by atoms with Gasteiger partial charge in [0.15, 0.2) is 0 Å². The van der Waals surface area contributed by atoms with E-state index < -0.39 is 0 Å². The van der Waals surface area contributed by atoms with Crippen molar-refractivity contribution in [3.05, 3.63) is 83.9 Å². The van der Waals surface area contributed by atoms with Gasteiger partial charge in [0.2, 0.25) is 0 Å². The maximum Gasteiger partial charge on any atom is 0.115 e. The van der Waals surface area contributed by atoms with E-state index in [1.165, 1.54) is 11.1 Å². The van der Waals surface area contributed by atoms with Crippen LogP contribution in [0.5, 0.6) is 0 Å². The summed E-state index contributed by atoms with van der Waals surface area (Å²) in [5.41, 5.74) is 2.75. The summed E-state index contributed by atoms with van der Waals surface area (Å²) in [6, 6.07) is 22.3. The third-order valence-electron chi connectivity index (χ3n) is 4.69. The van der Waals surface area contributed by atoms with Gasteiger partial charge in [-0.1, -0.05) is 72.8 Å². The van der Waals surface area contributed by atoms with Gasteiger partial charge < -0.3 is 4.74 Å². The fourth-order valence-electron chi connectivity index (χ4n) is 3.63. The monoisotopic (exact) mass is 291 g/mol. The lowest BCUT2D eigenvalue weighted by molar-refractivity contribution is 0.0128. The van der Waals surface area contributed by atoms with Crippen LogP contribution in [0, 0.1) is 0 Å². The van der Waals surface area contributed by atoms with Crippen LogP contribution in [0.4, 0.5) is 0 Å². The molecule has 112 valence electrons. The number of ether oxygens (including phenoxy) is 1. The molecule has 0 spiro atoms. The molecule has 0 aromatic heterocycles. The molecule has 1 saturated heterocycles. The topological polar surface area (TPSA) is 12.5 Å². The van der Waals surface area contributed by atoms with Gasteiger partial charge in [-0.25, -0.2) is 0 Å². The van der Waals surface area contributed by atoms with Crippen LogP contribution < -0.4 is 0 Å². The zero-order valence-electron chi connectivity index (χ0n) is 12.6. The Balaban J connectivity index is 1.61. The summed E-state index contributed by atoms with van der Waals surface area (Å²) < 4.78 is 6.07. The molecule has 2 aromatic carbocycles. The second-order valence-corrected chi connectivity index (χ2v) is 6.08. The first kappa shape index (κ1) is 13.7. The number of hydrogen-bond donors (Lipinski definition) is 0. The Morgan fingerprint density at radius 2 is 1.68 bits per heavy atom. The summed E-state index contributed by atoms with van der Waals surface area (Å²) in [6.45, 7) is 0.793. The van der Waals surface area contributed by atoms with Crippen molar-refractivity contribution in [2.75, 3.05) is 6.61 Å². The van der Waals surface area contributed by atoms with Crippen LogP contribution in [0.2, 0.25) is 0 Å². The number of nitrogens with zero attached hydrogens (tertiary/aromatic N) is 1. The van der Waals surface area contributed by atoms with Gasteiger partial charge >= 0.3 is 0 Å². The van der Waals surface area contributed by atoms with Gasteiger partial charge in [0, 0.05) is 12.5 Å². The second kappa shape index (κ2) is 6.07. The minimum absolute atomic E-state index is 0.226. The Hall–Kier alpha value is -1.90. The lowest BCUT2D eigenvalue weighted by atomic mass is 9.97. The summed E-state index contributed by atoms with van der Waals surface area (Å²) in [5.74, 6) is 0. The number of hydrogen-bond acceptors (Lipinski definition) is 2. The second-order valence-electron chi connectivity index (χ2n) is 6.08. The van der Waals surface area contributed by atoms with Crippen molar-refractivity contribution in [2.45, 2.75) is 31.2 Å². The Morgan fingerprint density at radius 3 is 2.45 bits per heavy atom. The molecule has 2 aromatic rings. The van der Waals surface area contributed by atoms with Crippen molar-refractivity contribution in [3.8, 4) is 0 Å². The fraction of sp³-hybridized carbons (Fsp3) is 0.300. The van der Waals surface area contributed by atoms with E-state index >= 15 is 0 Å². The van der Waals surface area contributed by atoms with E-state index in [-0.39, 0.29) is 6.23 Å². The summed E-state index contributed by atoms with van der Waals surface area (Å²) >= 11 is 0. The smallest absolute Gasteiger partial charge is 0.115 e. The Morgan fingerprint density at radius 1 is 0.955 bits per heavy atom. The minimum Gasteiger partial charge on any atom is -0.361 e. The van der Waals surface area contributed by atoms with E-state index in [9.17, 15) is 0 Å². The third kappa shape index (κ3) is 2.60. The average Bonchev–Trinajstić information content (AvgIpc) is 3.02. The highest BCUT2D eigenvalue weighted by molar-refractivity contribution is 5.24. The zero-order chi connectivity index (χ0) is 14.8. The summed E-state index contributed by atoms with van der Waals surface area (Å²) in [6.07, 6.45) is 6.90. The molecule has 1 fully saturated rings. The predicted octanol–water partition coefficient (Wildman–Crippen LogP) is 3.96. The van der Waals surface area contributed by atoms with E-state index in [0.29, 0.717) is 12.1 Å². The van der Waals surface area contributed by atoms with Gasteiger partial charge in [0.05, 0.1) is 12.6 Å². The quantitative estimate of drug-likeness (QED) is 0.794. The standard InChI is InChI=1S/C20H21NO/c1-3-8-16(9-4-1)14-18-12-7-13-20-21(18)19(15-22-20)17-10-5-2-6-11-17/h1-12,18-20H,13-15H2/t18-,19+,20-/m1/s1. The summed E-state index contributed by atoms with van der Waals surface area (Å²) in [4.78, 5) is 2.56. The average molecular weight is 291 g/mol. The van der Waals surface area contributed by atoms with Crippen molar-refractivity contribution in [3.63, 3.8) is 0 Å². The van der Waals surface area contributed by atoms with Gasteiger partial charge in [-0.2, -0.15) is 0 Å². The molecule has 0 unspecified atom stereocenters. The summed E-state index contributed by atoms with van der Waals surface area (Å²) in [5, 5.41) is 0. The fourth-order valence-corrected chi connectivity index (χ4v) is 3.63. The number of rotatable bonds is 3. The molecule has 0 bridgehead atoms. The van der Waals surface area contributed by atoms with Crippen LogP contribution >= 0.6 is 0 Å². The molecule has 4 rings (SSSR count). The van der Waals surface area contributed by atoms with Gasteiger partial charge in [0.25, 0.3) is 0 Å². The maximum atomic E-state index is 6.07. The van der Waals surface area contributed by atoms with Gasteiger partial charge in [-0.05, 0) is 17.5 Å². The molecular weight excluding hydrogens is 270 g/mol. The lowest BCUT2D eigenvalue weighted by Gasteiger charge is -2.36. The van der Waals surface area contributed by atoms with Gasteiger partial charge in [-0.3, -0.25) is 4.90 Å². The SMILES string of the molecule is C1=C[C@H](Cc2ccccc2)N2[C@@H](C1)OC[C@H]2c1ccccc1. The molecule has 0 N–H and O–H groups in total. The van der Waals surface area contributed by atoms with Gasteiger partial charge in [-0.15, -0.1) is 0 Å². The first-order valence-corrected chi connectivity index (χ1v) is 8.06. The number of benzene rings is 2. The molecule has 0 radical (unpaired) electrons. The van der Waals surface area contributed by atoms with E-state index in [1.807, 2.05) is 0 Å². The molecule has 22 heavy (non-hydrogen) atoms. The summed E-state index contributed by atoms with van der Waals surface area (Å²) in [7, 11) is 0. The molecular formula is C20H21NO. The van der Waals surface area contributed by atoms with Crippen molar-refractivity contribution < 1.29 is 4.74 Å². The highest BCUT2D eigenvalue weighted by Crippen LogP contribution is 2.37. The molecule has 0 aliphatic carbocycles. The molecule has 2 heteroatoms. The maximum absolute atomic E-state index is 6.07. The van der Waals surface area contributed by atoms with Crippen molar-refractivity contribution in [2.24, 2.45) is 0 Å². The van der Waals surface area contributed by atoms with Crippen molar-refractivity contribution in [1.29, 1.82) is 0 Å². The lowest BCUT2D eigenvalue weighted by Crippen LogP contribution is -2.43. The van der Waals surface area contributed by atoms with E-state index in [0.717, 1.165) is 19.4 Å². The molecule has 0 amide bonds. The number of fused-ring (bicyclic) bond motifs is 1. The van der Waals surface area contributed by atoms with E-state index in [4.69, 9.17) is 4.74 Å². The first-order valence-electron chi connectivity index (χ1n) is 8.06. The predicted molar refractivity (Wildman–Crippen MR) is 88.5 cm³/mol. The molecule has 0 saturated carbocycles. The van der Waals surface area contributed by atoms with E-state index in [1.54, 1.807) is 0 Å². The van der Waals surface area contributed by atoms with Gasteiger partial charge in [0.1, 0.15) is 6.23 Å².